The minimum absolute atomic E-state index is 0.0143. The van der Waals surface area contributed by atoms with E-state index in [1.807, 2.05) is 25.1 Å². The highest BCUT2D eigenvalue weighted by Gasteiger charge is 2.15. The van der Waals surface area contributed by atoms with Crippen LogP contribution in [0.15, 0.2) is 23.0 Å². The molecule has 0 radical (unpaired) electrons. The maximum Gasteiger partial charge on any atom is 0.329 e. The normalized spacial score (nSPS) is 12.9. The van der Waals surface area contributed by atoms with Crippen LogP contribution >= 0.6 is 0 Å². The summed E-state index contributed by atoms with van der Waals surface area (Å²) in [6.45, 7) is 2.37. The largest absolute Gasteiger partial charge is 0.497 e. The van der Waals surface area contributed by atoms with Gasteiger partial charge in [-0.25, -0.2) is 4.79 Å². The number of ether oxygens (including phenoxy) is 1. The molecule has 0 aliphatic heterocycles. The molecule has 5 heteroatoms. The topological polar surface area (TPSA) is 62.2 Å². The van der Waals surface area contributed by atoms with Gasteiger partial charge in [-0.05, 0) is 19.1 Å². The Hall–Kier alpha value is -1.75. The molecule has 1 unspecified atom stereocenters. The Kier molecular flexibility index (Phi) is 2.93. The number of hydrogen-bond donors (Lipinski definition) is 1. The minimum atomic E-state index is -0.0498. The molecule has 0 saturated carbocycles. The van der Waals surface area contributed by atoms with E-state index in [-0.39, 0.29) is 11.7 Å². The summed E-state index contributed by atoms with van der Waals surface area (Å²) in [5.74, 6) is 0.741. The molecule has 17 heavy (non-hydrogen) atoms. The standard InChI is InChI=1S/C12H17N3O2/c1-8(7-13)15-10-5-4-9(17-3)6-11(10)14(2)12(15)16/h4-6,8H,7,13H2,1-3H3. The van der Waals surface area contributed by atoms with Crippen LogP contribution in [0.4, 0.5) is 0 Å². The van der Waals surface area contributed by atoms with Crippen molar-refractivity contribution in [3.63, 3.8) is 0 Å². The van der Waals surface area contributed by atoms with Gasteiger partial charge in [-0.1, -0.05) is 0 Å². The van der Waals surface area contributed by atoms with E-state index >= 15 is 0 Å². The van der Waals surface area contributed by atoms with Crippen molar-refractivity contribution >= 4 is 11.0 Å². The van der Waals surface area contributed by atoms with E-state index < -0.39 is 0 Å². The number of fused-ring (bicyclic) bond motifs is 1. The molecule has 92 valence electrons. The highest BCUT2D eigenvalue weighted by molar-refractivity contribution is 5.78. The van der Waals surface area contributed by atoms with Crippen LogP contribution in [-0.4, -0.2) is 22.8 Å². The van der Waals surface area contributed by atoms with E-state index in [2.05, 4.69) is 0 Å². The van der Waals surface area contributed by atoms with E-state index in [1.165, 1.54) is 0 Å². The number of aryl methyl sites for hydroxylation is 1. The average Bonchev–Trinajstić information content (AvgIpc) is 2.61. The fourth-order valence-electron chi connectivity index (χ4n) is 2.00. The molecule has 0 aliphatic rings. The molecule has 1 aromatic heterocycles. The van der Waals surface area contributed by atoms with Gasteiger partial charge in [-0.15, -0.1) is 0 Å². The number of imidazole rings is 1. The zero-order valence-electron chi connectivity index (χ0n) is 10.3. The molecule has 0 bridgehead atoms. The van der Waals surface area contributed by atoms with Crippen LogP contribution in [-0.2, 0) is 7.05 Å². The third-order valence-corrected chi connectivity index (χ3v) is 3.08. The van der Waals surface area contributed by atoms with Gasteiger partial charge in [0.15, 0.2) is 0 Å². The van der Waals surface area contributed by atoms with E-state index in [1.54, 1.807) is 23.3 Å². The van der Waals surface area contributed by atoms with Crippen molar-refractivity contribution in [2.75, 3.05) is 13.7 Å². The highest BCUT2D eigenvalue weighted by Crippen LogP contribution is 2.21. The number of nitrogens with two attached hydrogens (primary N) is 1. The lowest BCUT2D eigenvalue weighted by Gasteiger charge is -2.10. The number of nitrogens with zero attached hydrogens (tertiary/aromatic N) is 2. The Balaban J connectivity index is 2.78. The van der Waals surface area contributed by atoms with Crippen LogP contribution in [0.3, 0.4) is 0 Å². The van der Waals surface area contributed by atoms with Crippen LogP contribution < -0.4 is 16.2 Å². The lowest BCUT2D eigenvalue weighted by molar-refractivity contribution is 0.415. The molecule has 0 amide bonds. The van der Waals surface area contributed by atoms with Crippen LogP contribution in [0.1, 0.15) is 13.0 Å². The summed E-state index contributed by atoms with van der Waals surface area (Å²) in [6.07, 6.45) is 0. The van der Waals surface area contributed by atoms with E-state index in [0.717, 1.165) is 16.8 Å². The zero-order valence-corrected chi connectivity index (χ0v) is 10.3. The lowest BCUT2D eigenvalue weighted by Crippen LogP contribution is -2.28. The molecule has 2 N–H and O–H groups in total. The zero-order chi connectivity index (χ0) is 12.6. The quantitative estimate of drug-likeness (QED) is 0.858. The Morgan fingerprint density at radius 3 is 2.71 bits per heavy atom. The van der Waals surface area contributed by atoms with Crippen molar-refractivity contribution in [1.82, 2.24) is 9.13 Å². The number of aromatic nitrogens is 2. The summed E-state index contributed by atoms with van der Waals surface area (Å²) in [6, 6.07) is 5.58. The number of benzene rings is 1. The van der Waals surface area contributed by atoms with Crippen LogP contribution in [0.2, 0.25) is 0 Å². The van der Waals surface area contributed by atoms with Crippen molar-refractivity contribution < 1.29 is 4.74 Å². The van der Waals surface area contributed by atoms with Gasteiger partial charge in [0.05, 0.1) is 18.1 Å². The van der Waals surface area contributed by atoms with Crippen molar-refractivity contribution in [2.24, 2.45) is 12.8 Å². The van der Waals surface area contributed by atoms with Crippen molar-refractivity contribution in [3.8, 4) is 5.75 Å². The summed E-state index contributed by atoms with van der Waals surface area (Å²) < 4.78 is 8.50. The summed E-state index contributed by atoms with van der Waals surface area (Å²) >= 11 is 0. The molecule has 0 spiro atoms. The molecule has 0 saturated heterocycles. The Labute approximate surface area is 99.4 Å². The first-order valence-corrected chi connectivity index (χ1v) is 5.55. The third kappa shape index (κ3) is 1.72. The number of methoxy groups -OCH3 is 1. The molecular formula is C12H17N3O2. The third-order valence-electron chi connectivity index (χ3n) is 3.08. The van der Waals surface area contributed by atoms with Crippen molar-refractivity contribution in [1.29, 1.82) is 0 Å². The first-order chi connectivity index (χ1) is 8.10. The van der Waals surface area contributed by atoms with Crippen molar-refractivity contribution in [3.05, 3.63) is 28.7 Å². The summed E-state index contributed by atoms with van der Waals surface area (Å²) in [7, 11) is 3.36. The first-order valence-electron chi connectivity index (χ1n) is 5.55. The minimum Gasteiger partial charge on any atom is -0.497 e. The molecule has 2 rings (SSSR count). The molecule has 0 aliphatic carbocycles. The maximum atomic E-state index is 12.1. The summed E-state index contributed by atoms with van der Waals surface area (Å²) in [5, 5.41) is 0. The molecule has 2 aromatic rings. The van der Waals surface area contributed by atoms with Crippen LogP contribution in [0.25, 0.3) is 11.0 Å². The van der Waals surface area contributed by atoms with Gasteiger partial charge in [-0.2, -0.15) is 0 Å². The second-order valence-electron chi connectivity index (χ2n) is 4.15. The molecular weight excluding hydrogens is 218 g/mol. The fraction of sp³-hybridized carbons (Fsp3) is 0.417. The Morgan fingerprint density at radius 1 is 1.41 bits per heavy atom. The predicted octanol–water partition coefficient (Wildman–Crippen LogP) is 0.868. The van der Waals surface area contributed by atoms with Gasteiger partial charge in [0.25, 0.3) is 0 Å². The van der Waals surface area contributed by atoms with Gasteiger partial charge in [-0.3, -0.25) is 9.13 Å². The predicted molar refractivity (Wildman–Crippen MR) is 67.5 cm³/mol. The second-order valence-corrected chi connectivity index (χ2v) is 4.15. The van der Waals surface area contributed by atoms with Gasteiger partial charge in [0.2, 0.25) is 0 Å². The monoisotopic (exact) mass is 235 g/mol. The summed E-state index contributed by atoms with van der Waals surface area (Å²) in [4.78, 5) is 12.1. The van der Waals surface area contributed by atoms with Crippen LogP contribution in [0, 0.1) is 0 Å². The van der Waals surface area contributed by atoms with Gasteiger partial charge in [0.1, 0.15) is 5.75 Å². The summed E-state index contributed by atoms with van der Waals surface area (Å²) in [5.41, 5.74) is 7.33. The number of rotatable bonds is 3. The molecule has 5 nitrogen and oxygen atoms in total. The first kappa shape index (κ1) is 11.7. The van der Waals surface area contributed by atoms with Gasteiger partial charge in [0, 0.05) is 25.7 Å². The van der Waals surface area contributed by atoms with Crippen molar-refractivity contribution in [2.45, 2.75) is 13.0 Å². The second kappa shape index (κ2) is 4.25. The molecule has 0 fully saturated rings. The van der Waals surface area contributed by atoms with Crippen LogP contribution in [0.5, 0.6) is 5.75 Å². The van der Waals surface area contributed by atoms with E-state index in [0.29, 0.717) is 6.54 Å². The average molecular weight is 235 g/mol. The SMILES string of the molecule is COc1ccc2c(c1)n(C)c(=O)n2C(C)CN. The fourth-order valence-corrected chi connectivity index (χ4v) is 2.00. The molecule has 1 aromatic carbocycles. The lowest BCUT2D eigenvalue weighted by atomic mass is 10.2. The maximum absolute atomic E-state index is 12.1. The Bertz CT molecular complexity index is 598. The molecule has 1 heterocycles. The smallest absolute Gasteiger partial charge is 0.329 e. The highest BCUT2D eigenvalue weighted by atomic mass is 16.5. The van der Waals surface area contributed by atoms with E-state index in [4.69, 9.17) is 10.5 Å². The number of hydrogen-bond acceptors (Lipinski definition) is 3. The molecule has 1 atom stereocenters. The Morgan fingerprint density at radius 2 is 2.12 bits per heavy atom. The van der Waals surface area contributed by atoms with Gasteiger partial charge >= 0.3 is 5.69 Å². The van der Waals surface area contributed by atoms with Gasteiger partial charge < -0.3 is 10.5 Å². The van der Waals surface area contributed by atoms with E-state index in [9.17, 15) is 4.79 Å².